The summed E-state index contributed by atoms with van der Waals surface area (Å²) in [5, 5.41) is 8.99. The van der Waals surface area contributed by atoms with Crippen LogP contribution in [0.1, 0.15) is 12.0 Å². The number of amides is 1. The number of hydrogen-bond donors (Lipinski definition) is 1. The van der Waals surface area contributed by atoms with Crippen LogP contribution < -0.4 is 5.32 Å². The molecule has 1 amide bonds. The number of fused-ring (bicyclic) bond motifs is 1. The maximum atomic E-state index is 11.5. The van der Waals surface area contributed by atoms with E-state index in [1.54, 1.807) is 4.52 Å². The third kappa shape index (κ3) is 2.91. The fraction of sp³-hybridized carbons (Fsp3) is 0.214. The van der Waals surface area contributed by atoms with Crippen LogP contribution in [0.3, 0.4) is 0 Å². The lowest BCUT2D eigenvalue weighted by molar-refractivity contribution is -0.115. The minimum absolute atomic E-state index is 0.180. The van der Waals surface area contributed by atoms with Gasteiger partial charge in [-0.15, -0.1) is 28.0 Å². The predicted octanol–water partition coefficient (Wildman–Crippen LogP) is 3.33. The second-order valence-electron chi connectivity index (χ2n) is 4.60. The number of thiazole rings is 1. The molecule has 5 nitrogen and oxygen atoms in total. The van der Waals surface area contributed by atoms with Crippen LogP contribution in [-0.2, 0) is 4.79 Å². The zero-order valence-corrected chi connectivity index (χ0v) is 12.9. The monoisotopic (exact) mass is 320 g/mol. The molecule has 3 rings (SSSR count). The molecule has 108 valence electrons. The minimum Gasteiger partial charge on any atom is -0.293 e. The van der Waals surface area contributed by atoms with Crippen LogP contribution in [0, 0.1) is 6.92 Å². The Morgan fingerprint density at radius 2 is 2.14 bits per heavy atom. The van der Waals surface area contributed by atoms with E-state index in [9.17, 15) is 4.79 Å². The van der Waals surface area contributed by atoms with Crippen molar-refractivity contribution in [2.45, 2.75) is 13.3 Å². The average Bonchev–Trinajstić information content (AvgIpc) is 3.00. The van der Waals surface area contributed by atoms with Gasteiger partial charge in [-0.05, 0) is 6.92 Å². The van der Waals surface area contributed by atoms with Gasteiger partial charge in [-0.2, -0.15) is 4.98 Å². The molecule has 1 N–H and O–H groups in total. The second kappa shape index (κ2) is 5.83. The Morgan fingerprint density at radius 3 is 2.86 bits per heavy atom. The molecule has 0 saturated carbocycles. The molecule has 0 radical (unpaired) electrons. The van der Waals surface area contributed by atoms with Gasteiger partial charge in [0.05, 0.1) is 5.69 Å². The first-order valence-electron chi connectivity index (χ1n) is 6.44. The van der Waals surface area contributed by atoms with Crippen molar-refractivity contribution < 1.29 is 4.79 Å². The van der Waals surface area contributed by atoms with E-state index in [0.29, 0.717) is 5.95 Å². The van der Waals surface area contributed by atoms with Crippen LogP contribution >= 0.6 is 22.9 Å². The Morgan fingerprint density at radius 1 is 1.38 bits per heavy atom. The van der Waals surface area contributed by atoms with Gasteiger partial charge in [0.2, 0.25) is 16.8 Å². The lowest BCUT2D eigenvalue weighted by atomic mass is 10.1. The standard InChI is InChI=1S/C14H13ClN4OS/c1-9-2-4-10(5-3-9)11-8-21-14-17-13(18-19(11)14)16-12(20)6-7-15/h2-5,8H,6-7H2,1H3,(H,16,18,20). The van der Waals surface area contributed by atoms with Crippen LogP contribution in [-0.4, -0.2) is 26.4 Å². The highest BCUT2D eigenvalue weighted by atomic mass is 35.5. The van der Waals surface area contributed by atoms with Gasteiger partial charge in [0, 0.05) is 23.2 Å². The van der Waals surface area contributed by atoms with Gasteiger partial charge in [-0.25, -0.2) is 4.52 Å². The normalized spacial score (nSPS) is 11.0. The van der Waals surface area contributed by atoms with E-state index in [2.05, 4.69) is 27.5 Å². The van der Waals surface area contributed by atoms with Crippen molar-refractivity contribution >= 4 is 39.8 Å². The van der Waals surface area contributed by atoms with E-state index >= 15 is 0 Å². The SMILES string of the molecule is Cc1ccc(-c2csc3nc(NC(=O)CCCl)nn23)cc1. The smallest absolute Gasteiger partial charge is 0.250 e. The number of halogens is 1. The van der Waals surface area contributed by atoms with Gasteiger partial charge in [0.1, 0.15) is 0 Å². The highest BCUT2D eigenvalue weighted by Crippen LogP contribution is 2.26. The van der Waals surface area contributed by atoms with Crippen molar-refractivity contribution in [3.05, 3.63) is 35.2 Å². The average molecular weight is 321 g/mol. The van der Waals surface area contributed by atoms with Crippen molar-refractivity contribution in [1.29, 1.82) is 0 Å². The Bertz CT molecular complexity index is 778. The van der Waals surface area contributed by atoms with E-state index < -0.39 is 0 Å². The summed E-state index contributed by atoms with van der Waals surface area (Å²) in [7, 11) is 0. The molecule has 7 heteroatoms. The van der Waals surface area contributed by atoms with Crippen LogP contribution in [0.2, 0.25) is 0 Å². The Balaban J connectivity index is 1.93. The van der Waals surface area contributed by atoms with E-state index in [4.69, 9.17) is 11.6 Å². The number of benzene rings is 1. The van der Waals surface area contributed by atoms with Crippen LogP contribution in [0.25, 0.3) is 16.2 Å². The molecule has 0 aliphatic carbocycles. The summed E-state index contributed by atoms with van der Waals surface area (Å²) >= 11 is 7.02. The summed E-state index contributed by atoms with van der Waals surface area (Å²) in [5.41, 5.74) is 3.23. The van der Waals surface area contributed by atoms with Crippen LogP contribution in [0.4, 0.5) is 5.95 Å². The topological polar surface area (TPSA) is 59.3 Å². The van der Waals surface area contributed by atoms with E-state index in [1.807, 2.05) is 24.4 Å². The molecule has 0 saturated heterocycles. The van der Waals surface area contributed by atoms with E-state index in [1.165, 1.54) is 16.9 Å². The maximum absolute atomic E-state index is 11.5. The number of nitrogens with one attached hydrogen (secondary N) is 1. The van der Waals surface area contributed by atoms with Crippen molar-refractivity contribution in [1.82, 2.24) is 14.6 Å². The van der Waals surface area contributed by atoms with E-state index in [0.717, 1.165) is 16.2 Å². The number of anilines is 1. The molecule has 0 aliphatic heterocycles. The molecule has 0 fully saturated rings. The molecular formula is C14H13ClN4OS. The van der Waals surface area contributed by atoms with Gasteiger partial charge in [0.15, 0.2) is 0 Å². The number of rotatable bonds is 4. The predicted molar refractivity (Wildman–Crippen MR) is 85.0 cm³/mol. The summed E-state index contributed by atoms with van der Waals surface area (Å²) < 4.78 is 1.74. The fourth-order valence-electron chi connectivity index (χ4n) is 1.93. The number of nitrogens with zero attached hydrogens (tertiary/aromatic N) is 3. The molecule has 0 spiro atoms. The Kier molecular flexibility index (Phi) is 3.90. The highest BCUT2D eigenvalue weighted by Gasteiger charge is 2.12. The number of aromatic nitrogens is 3. The third-order valence-corrected chi connectivity index (χ3v) is 4.01. The van der Waals surface area contributed by atoms with E-state index in [-0.39, 0.29) is 18.2 Å². The van der Waals surface area contributed by atoms with Crippen LogP contribution in [0.15, 0.2) is 29.6 Å². The Labute approximate surface area is 130 Å². The summed E-state index contributed by atoms with van der Waals surface area (Å²) in [4.78, 5) is 16.6. The van der Waals surface area contributed by atoms with Crippen LogP contribution in [0.5, 0.6) is 0 Å². The number of carbonyl (C=O) groups excluding carboxylic acids is 1. The number of hydrogen-bond acceptors (Lipinski definition) is 4. The Hall–Kier alpha value is -1.92. The van der Waals surface area contributed by atoms with Crippen molar-refractivity contribution in [3.8, 4) is 11.3 Å². The highest BCUT2D eigenvalue weighted by molar-refractivity contribution is 7.15. The van der Waals surface area contributed by atoms with Gasteiger partial charge < -0.3 is 0 Å². The number of aryl methyl sites for hydroxylation is 1. The molecule has 0 bridgehead atoms. The summed E-state index contributed by atoms with van der Waals surface area (Å²) in [5.74, 6) is 0.410. The molecule has 1 aromatic carbocycles. The molecular weight excluding hydrogens is 308 g/mol. The fourth-order valence-corrected chi connectivity index (χ4v) is 2.93. The third-order valence-electron chi connectivity index (χ3n) is 3.00. The zero-order valence-electron chi connectivity index (χ0n) is 11.3. The molecule has 0 atom stereocenters. The summed E-state index contributed by atoms with van der Waals surface area (Å²) in [6.45, 7) is 2.05. The maximum Gasteiger partial charge on any atom is 0.250 e. The first kappa shape index (κ1) is 14.0. The largest absolute Gasteiger partial charge is 0.293 e. The first-order chi connectivity index (χ1) is 10.2. The first-order valence-corrected chi connectivity index (χ1v) is 7.86. The molecule has 21 heavy (non-hydrogen) atoms. The van der Waals surface area contributed by atoms with Gasteiger partial charge in [-0.1, -0.05) is 29.8 Å². The lowest BCUT2D eigenvalue weighted by Gasteiger charge is -2.00. The van der Waals surface area contributed by atoms with Crippen molar-refractivity contribution in [2.75, 3.05) is 11.2 Å². The molecule has 0 unspecified atom stereocenters. The zero-order chi connectivity index (χ0) is 14.8. The lowest BCUT2D eigenvalue weighted by Crippen LogP contribution is -2.12. The van der Waals surface area contributed by atoms with Crippen molar-refractivity contribution in [3.63, 3.8) is 0 Å². The minimum atomic E-state index is -0.180. The van der Waals surface area contributed by atoms with Gasteiger partial charge >= 0.3 is 0 Å². The number of alkyl halides is 1. The summed E-state index contributed by atoms with van der Waals surface area (Å²) in [6, 6.07) is 8.20. The van der Waals surface area contributed by atoms with Gasteiger partial charge in [0.25, 0.3) is 0 Å². The number of carbonyl (C=O) groups is 1. The summed E-state index contributed by atoms with van der Waals surface area (Å²) in [6.07, 6.45) is 0.249. The van der Waals surface area contributed by atoms with Crippen molar-refractivity contribution in [2.24, 2.45) is 0 Å². The second-order valence-corrected chi connectivity index (χ2v) is 5.82. The van der Waals surface area contributed by atoms with Gasteiger partial charge in [-0.3, -0.25) is 10.1 Å². The molecule has 2 heterocycles. The molecule has 2 aromatic heterocycles. The molecule has 0 aliphatic rings. The molecule has 3 aromatic rings. The quantitative estimate of drug-likeness (QED) is 0.750.